The van der Waals surface area contributed by atoms with Crippen LogP contribution in [0, 0.1) is 0 Å². The maximum absolute atomic E-state index is 13.1. The zero-order chi connectivity index (χ0) is 20.5. The Morgan fingerprint density at radius 2 is 2.10 bits per heavy atom. The Balaban J connectivity index is 1.60. The SMILES string of the molecule is C=CCn1c(SCC(=O)Nc2c(Cl)cccc2Cl)nc2sc3c(c2c1=O)CCC3. The number of thiophene rings is 1. The van der Waals surface area contributed by atoms with Crippen molar-refractivity contribution >= 4 is 68.1 Å². The largest absolute Gasteiger partial charge is 0.323 e. The minimum atomic E-state index is -0.279. The van der Waals surface area contributed by atoms with E-state index in [1.165, 1.54) is 16.6 Å². The van der Waals surface area contributed by atoms with Gasteiger partial charge in [-0.1, -0.05) is 47.1 Å². The molecule has 4 rings (SSSR count). The van der Waals surface area contributed by atoms with Gasteiger partial charge in [-0.2, -0.15) is 0 Å². The fourth-order valence-corrected chi connectivity index (χ4v) is 5.98. The van der Waals surface area contributed by atoms with Crippen LogP contribution in [0.4, 0.5) is 5.69 Å². The van der Waals surface area contributed by atoms with Crippen LogP contribution < -0.4 is 10.9 Å². The van der Waals surface area contributed by atoms with E-state index in [2.05, 4.69) is 11.9 Å². The third-order valence-electron chi connectivity index (χ3n) is 4.66. The monoisotopic (exact) mass is 465 g/mol. The summed E-state index contributed by atoms with van der Waals surface area (Å²) in [5.41, 5.74) is 1.46. The van der Waals surface area contributed by atoms with Crippen molar-refractivity contribution in [1.82, 2.24) is 9.55 Å². The highest BCUT2D eigenvalue weighted by atomic mass is 35.5. The van der Waals surface area contributed by atoms with Crippen molar-refractivity contribution in [2.45, 2.75) is 31.0 Å². The van der Waals surface area contributed by atoms with Crippen LogP contribution in [0.1, 0.15) is 16.9 Å². The number of para-hydroxylation sites is 1. The predicted molar refractivity (Wildman–Crippen MR) is 122 cm³/mol. The molecule has 29 heavy (non-hydrogen) atoms. The van der Waals surface area contributed by atoms with Crippen LogP contribution >= 0.6 is 46.3 Å². The highest BCUT2D eigenvalue weighted by molar-refractivity contribution is 7.99. The van der Waals surface area contributed by atoms with E-state index in [1.54, 1.807) is 40.2 Å². The Kier molecular flexibility index (Phi) is 6.01. The Morgan fingerprint density at radius 1 is 1.34 bits per heavy atom. The summed E-state index contributed by atoms with van der Waals surface area (Å²) in [7, 11) is 0. The topological polar surface area (TPSA) is 64.0 Å². The first-order chi connectivity index (χ1) is 14.0. The van der Waals surface area contributed by atoms with Crippen molar-refractivity contribution < 1.29 is 4.79 Å². The molecular formula is C20H17Cl2N3O2S2. The number of carbonyl (C=O) groups excluding carboxylic acids is 1. The molecule has 5 nitrogen and oxygen atoms in total. The number of thioether (sulfide) groups is 1. The summed E-state index contributed by atoms with van der Waals surface area (Å²) in [6, 6.07) is 5.02. The number of rotatable bonds is 6. The molecule has 1 aliphatic rings. The van der Waals surface area contributed by atoms with Gasteiger partial charge in [-0.05, 0) is 37.0 Å². The summed E-state index contributed by atoms with van der Waals surface area (Å²) in [5, 5.41) is 4.69. The van der Waals surface area contributed by atoms with Crippen molar-refractivity contribution in [1.29, 1.82) is 0 Å². The van der Waals surface area contributed by atoms with Crippen molar-refractivity contribution in [3.63, 3.8) is 0 Å². The number of anilines is 1. The molecule has 1 N–H and O–H groups in total. The fraction of sp³-hybridized carbons (Fsp3) is 0.250. The molecule has 0 unspecified atom stereocenters. The van der Waals surface area contributed by atoms with E-state index < -0.39 is 0 Å². The van der Waals surface area contributed by atoms with E-state index in [-0.39, 0.29) is 17.2 Å². The molecule has 0 saturated heterocycles. The number of carbonyl (C=O) groups is 1. The van der Waals surface area contributed by atoms with Gasteiger partial charge in [0.1, 0.15) is 4.83 Å². The van der Waals surface area contributed by atoms with E-state index in [0.717, 1.165) is 35.0 Å². The van der Waals surface area contributed by atoms with Crippen molar-refractivity contribution in [2.75, 3.05) is 11.1 Å². The summed E-state index contributed by atoms with van der Waals surface area (Å²) in [5.74, 6) is -0.208. The van der Waals surface area contributed by atoms with Crippen LogP contribution in [0.5, 0.6) is 0 Å². The van der Waals surface area contributed by atoms with Crippen LogP contribution in [0.15, 0.2) is 40.8 Å². The Bertz CT molecular complexity index is 1170. The molecule has 1 aliphatic carbocycles. The molecule has 0 bridgehead atoms. The van der Waals surface area contributed by atoms with Gasteiger partial charge in [0.15, 0.2) is 5.16 Å². The number of amides is 1. The van der Waals surface area contributed by atoms with Crippen LogP contribution in [0.2, 0.25) is 10.0 Å². The Labute approximate surface area is 185 Å². The summed E-state index contributed by atoms with van der Waals surface area (Å²) in [6.45, 7) is 4.09. The maximum atomic E-state index is 13.1. The minimum absolute atomic E-state index is 0.0636. The first kappa shape index (κ1) is 20.5. The number of hydrogen-bond donors (Lipinski definition) is 1. The van der Waals surface area contributed by atoms with Crippen molar-refractivity contribution in [3.05, 3.63) is 61.7 Å². The molecule has 0 aliphatic heterocycles. The highest BCUT2D eigenvalue weighted by Crippen LogP contribution is 2.36. The molecule has 0 spiro atoms. The number of nitrogens with zero attached hydrogens (tertiary/aromatic N) is 2. The first-order valence-electron chi connectivity index (χ1n) is 9.02. The van der Waals surface area contributed by atoms with E-state index in [1.807, 2.05) is 0 Å². The zero-order valence-electron chi connectivity index (χ0n) is 15.3. The lowest BCUT2D eigenvalue weighted by Gasteiger charge is -2.11. The number of nitrogens with one attached hydrogen (secondary N) is 1. The van der Waals surface area contributed by atoms with E-state index in [9.17, 15) is 9.59 Å². The molecule has 0 saturated carbocycles. The number of fused-ring (bicyclic) bond motifs is 3. The lowest BCUT2D eigenvalue weighted by molar-refractivity contribution is -0.113. The van der Waals surface area contributed by atoms with Gasteiger partial charge in [-0.25, -0.2) is 4.98 Å². The van der Waals surface area contributed by atoms with Gasteiger partial charge in [-0.3, -0.25) is 14.2 Å². The van der Waals surface area contributed by atoms with Gasteiger partial charge < -0.3 is 5.32 Å². The molecular weight excluding hydrogens is 449 g/mol. The Hall–Kier alpha value is -1.80. The second kappa shape index (κ2) is 8.52. The molecule has 2 aromatic heterocycles. The number of hydrogen-bond acceptors (Lipinski definition) is 5. The molecule has 3 aromatic rings. The molecule has 2 heterocycles. The molecule has 1 amide bonds. The molecule has 150 valence electrons. The zero-order valence-corrected chi connectivity index (χ0v) is 18.5. The summed E-state index contributed by atoms with van der Waals surface area (Å²) >= 11 is 15.0. The van der Waals surface area contributed by atoms with Gasteiger partial charge in [0.2, 0.25) is 5.91 Å². The summed E-state index contributed by atoms with van der Waals surface area (Å²) < 4.78 is 1.58. The van der Waals surface area contributed by atoms with Gasteiger partial charge >= 0.3 is 0 Å². The molecule has 0 radical (unpaired) electrons. The predicted octanol–water partition coefficient (Wildman–Crippen LogP) is 5.17. The van der Waals surface area contributed by atoms with E-state index in [0.29, 0.717) is 27.4 Å². The third-order valence-corrected chi connectivity index (χ3v) is 7.45. The molecule has 9 heteroatoms. The second-order valence-corrected chi connectivity index (χ2v) is 9.41. The first-order valence-corrected chi connectivity index (χ1v) is 11.6. The smallest absolute Gasteiger partial charge is 0.263 e. The number of allylic oxidation sites excluding steroid dienone is 1. The number of halogens is 2. The highest BCUT2D eigenvalue weighted by Gasteiger charge is 2.23. The third kappa shape index (κ3) is 3.97. The number of benzene rings is 1. The van der Waals surface area contributed by atoms with Crippen molar-refractivity contribution in [2.24, 2.45) is 0 Å². The van der Waals surface area contributed by atoms with E-state index in [4.69, 9.17) is 28.2 Å². The molecule has 0 fully saturated rings. The summed E-state index contributed by atoms with van der Waals surface area (Å²) in [4.78, 5) is 32.3. The average Bonchev–Trinajstić information content (AvgIpc) is 3.26. The minimum Gasteiger partial charge on any atom is -0.323 e. The van der Waals surface area contributed by atoms with Crippen molar-refractivity contribution in [3.8, 4) is 0 Å². The standard InChI is InChI=1S/C20H17Cl2N3O2S2/c1-2-9-25-19(27)16-11-5-3-8-14(11)29-18(16)24-20(25)28-10-15(26)23-17-12(21)6-4-7-13(17)22/h2,4,6-7H,1,3,5,8-10H2,(H,23,26). The lowest BCUT2D eigenvalue weighted by atomic mass is 10.2. The van der Waals surface area contributed by atoms with Crippen LogP contribution in [0.3, 0.4) is 0 Å². The lowest BCUT2D eigenvalue weighted by Crippen LogP contribution is -2.24. The Morgan fingerprint density at radius 3 is 2.83 bits per heavy atom. The van der Waals surface area contributed by atoms with Crippen LogP contribution in [-0.2, 0) is 24.2 Å². The van der Waals surface area contributed by atoms with Gasteiger partial charge in [0.05, 0.1) is 26.9 Å². The maximum Gasteiger partial charge on any atom is 0.263 e. The van der Waals surface area contributed by atoms with Crippen LogP contribution in [0.25, 0.3) is 10.2 Å². The average molecular weight is 466 g/mol. The summed E-state index contributed by atoms with van der Waals surface area (Å²) in [6.07, 6.45) is 4.67. The van der Waals surface area contributed by atoms with Crippen LogP contribution in [-0.4, -0.2) is 21.2 Å². The van der Waals surface area contributed by atoms with Gasteiger partial charge in [0, 0.05) is 11.4 Å². The molecule has 1 aromatic carbocycles. The molecule has 0 atom stereocenters. The van der Waals surface area contributed by atoms with E-state index >= 15 is 0 Å². The fourth-order valence-electron chi connectivity index (χ4n) is 3.38. The second-order valence-electron chi connectivity index (χ2n) is 6.57. The normalized spacial score (nSPS) is 12.9. The van der Waals surface area contributed by atoms with Gasteiger partial charge in [-0.15, -0.1) is 17.9 Å². The number of aryl methyl sites for hydroxylation is 2. The number of aromatic nitrogens is 2. The van der Waals surface area contributed by atoms with Gasteiger partial charge in [0.25, 0.3) is 5.56 Å². The quantitative estimate of drug-likeness (QED) is 0.309.